The molecule has 116 valence electrons. The fourth-order valence-electron chi connectivity index (χ4n) is 3.00. The molecule has 1 N–H and O–H groups in total. The molecule has 0 amide bonds. The Morgan fingerprint density at radius 3 is 2.52 bits per heavy atom. The van der Waals surface area contributed by atoms with E-state index in [1.165, 1.54) is 25.7 Å². The van der Waals surface area contributed by atoms with Gasteiger partial charge in [0.05, 0.1) is 12.7 Å². The van der Waals surface area contributed by atoms with Crippen LogP contribution in [-0.4, -0.2) is 31.0 Å². The lowest BCUT2D eigenvalue weighted by atomic mass is 10.1. The van der Waals surface area contributed by atoms with Gasteiger partial charge in [-0.2, -0.15) is 0 Å². The number of fused-ring (bicyclic) bond motifs is 1. The van der Waals surface area contributed by atoms with Gasteiger partial charge in [0.2, 0.25) is 0 Å². The van der Waals surface area contributed by atoms with Crippen molar-refractivity contribution in [3.8, 4) is 11.5 Å². The smallest absolute Gasteiger partial charge is 0.161 e. The van der Waals surface area contributed by atoms with Crippen molar-refractivity contribution in [1.82, 2.24) is 0 Å². The molecular weight excluding hydrogens is 268 g/mol. The van der Waals surface area contributed by atoms with Gasteiger partial charge in [0.25, 0.3) is 0 Å². The van der Waals surface area contributed by atoms with E-state index in [9.17, 15) is 5.11 Å². The van der Waals surface area contributed by atoms with Gasteiger partial charge in [0.1, 0.15) is 19.3 Å². The maximum absolute atomic E-state index is 10.3. The predicted octanol–water partition coefficient (Wildman–Crippen LogP) is 3.23. The second kappa shape index (κ2) is 7.14. The summed E-state index contributed by atoms with van der Waals surface area (Å²) in [5.74, 6) is 1.47. The van der Waals surface area contributed by atoms with Crippen LogP contribution in [0.3, 0.4) is 0 Å². The Morgan fingerprint density at radius 2 is 1.76 bits per heavy atom. The molecule has 3 rings (SSSR count). The van der Waals surface area contributed by atoms with Crippen molar-refractivity contribution in [2.24, 2.45) is 0 Å². The van der Waals surface area contributed by atoms with E-state index in [0.717, 1.165) is 24.2 Å². The fourth-order valence-corrected chi connectivity index (χ4v) is 3.00. The van der Waals surface area contributed by atoms with E-state index in [2.05, 4.69) is 0 Å². The van der Waals surface area contributed by atoms with Crippen molar-refractivity contribution < 1.29 is 19.3 Å². The Labute approximate surface area is 126 Å². The molecule has 0 saturated heterocycles. The standard InChI is InChI=1S/C17H24O4/c18-15(12-21-14-5-3-1-2-4-6-14)13-7-8-16-17(11-13)20-10-9-19-16/h7-8,11,14-15,18H,1-6,9-10,12H2. The zero-order chi connectivity index (χ0) is 14.5. The Kier molecular flexibility index (Phi) is 4.99. The van der Waals surface area contributed by atoms with Crippen LogP contribution in [0.15, 0.2) is 18.2 Å². The molecule has 4 nitrogen and oxygen atoms in total. The third-order valence-corrected chi connectivity index (χ3v) is 4.24. The Morgan fingerprint density at radius 1 is 1.05 bits per heavy atom. The summed E-state index contributed by atoms with van der Waals surface area (Å²) in [6, 6.07) is 5.60. The van der Waals surface area contributed by atoms with E-state index < -0.39 is 6.10 Å². The molecule has 0 bridgehead atoms. The lowest BCUT2D eigenvalue weighted by molar-refractivity contribution is -0.0161. The number of aliphatic hydroxyl groups is 1. The van der Waals surface area contributed by atoms with Crippen LogP contribution in [-0.2, 0) is 4.74 Å². The number of hydrogen-bond acceptors (Lipinski definition) is 4. The van der Waals surface area contributed by atoms with Gasteiger partial charge in [-0.1, -0.05) is 31.7 Å². The minimum absolute atomic E-state index is 0.305. The van der Waals surface area contributed by atoms with Gasteiger partial charge in [0.15, 0.2) is 11.5 Å². The second-order valence-electron chi connectivity index (χ2n) is 5.87. The monoisotopic (exact) mass is 292 g/mol. The molecule has 1 unspecified atom stereocenters. The van der Waals surface area contributed by atoms with Gasteiger partial charge in [-0.15, -0.1) is 0 Å². The van der Waals surface area contributed by atoms with E-state index in [1.807, 2.05) is 18.2 Å². The maximum Gasteiger partial charge on any atom is 0.161 e. The molecule has 1 atom stereocenters. The van der Waals surface area contributed by atoms with E-state index >= 15 is 0 Å². The Hall–Kier alpha value is -1.26. The summed E-state index contributed by atoms with van der Waals surface area (Å²) < 4.78 is 16.9. The van der Waals surface area contributed by atoms with Gasteiger partial charge < -0.3 is 19.3 Å². The Bertz CT molecular complexity index is 452. The van der Waals surface area contributed by atoms with Crippen molar-refractivity contribution in [1.29, 1.82) is 0 Å². The first-order valence-corrected chi connectivity index (χ1v) is 8.02. The summed E-state index contributed by atoms with van der Waals surface area (Å²) in [4.78, 5) is 0. The van der Waals surface area contributed by atoms with E-state index in [0.29, 0.717) is 31.7 Å². The quantitative estimate of drug-likeness (QED) is 0.866. The molecule has 0 spiro atoms. The van der Waals surface area contributed by atoms with Crippen LogP contribution < -0.4 is 9.47 Å². The van der Waals surface area contributed by atoms with E-state index in [1.54, 1.807) is 0 Å². The third kappa shape index (κ3) is 3.89. The van der Waals surface area contributed by atoms with Crippen molar-refractivity contribution in [3.05, 3.63) is 23.8 Å². The normalized spacial score (nSPS) is 20.8. The molecule has 1 heterocycles. The highest BCUT2D eigenvalue weighted by molar-refractivity contribution is 5.44. The first kappa shape index (κ1) is 14.7. The highest BCUT2D eigenvalue weighted by Gasteiger charge is 2.18. The maximum atomic E-state index is 10.3. The number of benzene rings is 1. The molecule has 4 heteroatoms. The van der Waals surface area contributed by atoms with Gasteiger partial charge in [-0.05, 0) is 30.5 Å². The van der Waals surface area contributed by atoms with Gasteiger partial charge >= 0.3 is 0 Å². The zero-order valence-corrected chi connectivity index (χ0v) is 12.4. The number of hydrogen-bond donors (Lipinski definition) is 1. The lowest BCUT2D eigenvalue weighted by Crippen LogP contribution is -2.18. The van der Waals surface area contributed by atoms with Crippen molar-refractivity contribution in [3.63, 3.8) is 0 Å². The van der Waals surface area contributed by atoms with Crippen LogP contribution in [0.4, 0.5) is 0 Å². The van der Waals surface area contributed by atoms with Crippen LogP contribution in [0.5, 0.6) is 11.5 Å². The van der Waals surface area contributed by atoms with Crippen molar-refractivity contribution >= 4 is 0 Å². The summed E-state index contributed by atoms with van der Waals surface area (Å²) in [5, 5.41) is 10.3. The first-order valence-electron chi connectivity index (χ1n) is 8.02. The number of ether oxygens (including phenoxy) is 3. The van der Waals surface area contributed by atoms with E-state index in [-0.39, 0.29) is 0 Å². The molecule has 1 aliphatic heterocycles. The van der Waals surface area contributed by atoms with Crippen LogP contribution in [0, 0.1) is 0 Å². The molecule has 1 fully saturated rings. The number of aliphatic hydroxyl groups excluding tert-OH is 1. The fraction of sp³-hybridized carbons (Fsp3) is 0.647. The summed E-state index contributed by atoms with van der Waals surface area (Å²) in [6.07, 6.45) is 7.04. The molecule has 0 radical (unpaired) electrons. The van der Waals surface area contributed by atoms with Gasteiger partial charge in [0, 0.05) is 0 Å². The molecule has 21 heavy (non-hydrogen) atoms. The summed E-state index contributed by atoms with van der Waals surface area (Å²) in [6.45, 7) is 1.50. The topological polar surface area (TPSA) is 47.9 Å². The van der Waals surface area contributed by atoms with Gasteiger partial charge in [-0.3, -0.25) is 0 Å². The number of rotatable bonds is 4. The molecule has 1 saturated carbocycles. The summed E-state index contributed by atoms with van der Waals surface area (Å²) in [5.41, 5.74) is 0.827. The van der Waals surface area contributed by atoms with Crippen LogP contribution >= 0.6 is 0 Å². The average molecular weight is 292 g/mol. The van der Waals surface area contributed by atoms with Crippen LogP contribution in [0.25, 0.3) is 0 Å². The largest absolute Gasteiger partial charge is 0.486 e. The minimum atomic E-state index is -0.607. The highest BCUT2D eigenvalue weighted by Crippen LogP contribution is 2.33. The van der Waals surface area contributed by atoms with E-state index in [4.69, 9.17) is 14.2 Å². The predicted molar refractivity (Wildman–Crippen MR) is 79.8 cm³/mol. The van der Waals surface area contributed by atoms with Crippen molar-refractivity contribution in [2.45, 2.75) is 50.7 Å². The minimum Gasteiger partial charge on any atom is -0.486 e. The zero-order valence-electron chi connectivity index (χ0n) is 12.4. The Balaban J connectivity index is 1.56. The second-order valence-corrected chi connectivity index (χ2v) is 5.87. The van der Waals surface area contributed by atoms with Crippen molar-refractivity contribution in [2.75, 3.05) is 19.8 Å². The first-order chi connectivity index (χ1) is 10.3. The van der Waals surface area contributed by atoms with Crippen LogP contribution in [0.1, 0.15) is 50.2 Å². The summed E-state index contributed by atoms with van der Waals surface area (Å²) in [7, 11) is 0. The molecule has 2 aliphatic rings. The molecule has 1 aliphatic carbocycles. The molecule has 1 aromatic carbocycles. The lowest BCUT2D eigenvalue weighted by Gasteiger charge is -2.21. The SMILES string of the molecule is OC(COC1CCCCCC1)c1ccc2c(c1)OCCO2. The highest BCUT2D eigenvalue weighted by atomic mass is 16.6. The third-order valence-electron chi connectivity index (χ3n) is 4.24. The molecule has 0 aromatic heterocycles. The average Bonchev–Trinajstić information content (AvgIpc) is 2.81. The summed E-state index contributed by atoms with van der Waals surface area (Å²) >= 11 is 0. The molecule has 1 aromatic rings. The van der Waals surface area contributed by atoms with Crippen LogP contribution in [0.2, 0.25) is 0 Å². The molecular formula is C17H24O4. The van der Waals surface area contributed by atoms with Gasteiger partial charge in [-0.25, -0.2) is 0 Å².